The zero-order valence-corrected chi connectivity index (χ0v) is 21.0. The molecule has 3 aliphatic heterocycles. The third-order valence-corrected chi connectivity index (χ3v) is 8.31. The van der Waals surface area contributed by atoms with Crippen LogP contribution in [0.25, 0.3) is 11.2 Å². The van der Waals surface area contributed by atoms with Crippen LogP contribution in [0.15, 0.2) is 6.33 Å². The number of aryl methyl sites for hydroxylation is 2. The molecular formula is C26H41N7O. The van der Waals surface area contributed by atoms with Crippen molar-refractivity contribution in [2.75, 3.05) is 31.1 Å². The van der Waals surface area contributed by atoms with Crippen LogP contribution < -0.4 is 10.2 Å². The van der Waals surface area contributed by atoms with Crippen molar-refractivity contribution in [3.05, 3.63) is 12.2 Å². The minimum absolute atomic E-state index is 0.0973. The van der Waals surface area contributed by atoms with Crippen LogP contribution in [0, 0.1) is 5.92 Å². The maximum Gasteiger partial charge on any atom is 0.223 e. The van der Waals surface area contributed by atoms with E-state index in [1.807, 2.05) is 0 Å². The molecule has 0 aromatic carbocycles. The quantitative estimate of drug-likeness (QED) is 0.655. The fourth-order valence-electron chi connectivity index (χ4n) is 6.24. The summed E-state index contributed by atoms with van der Waals surface area (Å²) < 4.78 is 2.29. The highest BCUT2D eigenvalue weighted by molar-refractivity contribution is 5.84. The predicted octanol–water partition coefficient (Wildman–Crippen LogP) is 3.54. The third-order valence-electron chi connectivity index (χ3n) is 8.31. The van der Waals surface area contributed by atoms with Crippen molar-refractivity contribution in [2.24, 2.45) is 5.92 Å². The first kappa shape index (κ1) is 23.5. The summed E-state index contributed by atoms with van der Waals surface area (Å²) in [5.74, 6) is 2.41. The average molecular weight is 468 g/mol. The Balaban J connectivity index is 1.12. The van der Waals surface area contributed by atoms with E-state index >= 15 is 0 Å². The number of nitrogens with zero attached hydrogens (tertiary/aromatic N) is 6. The van der Waals surface area contributed by atoms with Gasteiger partial charge in [0, 0.05) is 57.1 Å². The molecule has 2 atom stereocenters. The van der Waals surface area contributed by atoms with Crippen molar-refractivity contribution in [1.82, 2.24) is 29.7 Å². The van der Waals surface area contributed by atoms with Crippen molar-refractivity contribution in [2.45, 2.75) is 96.7 Å². The van der Waals surface area contributed by atoms with Crippen LogP contribution in [-0.4, -0.2) is 68.6 Å². The van der Waals surface area contributed by atoms with E-state index in [0.29, 0.717) is 12.1 Å². The van der Waals surface area contributed by atoms with Crippen molar-refractivity contribution >= 4 is 22.9 Å². The number of aromatic nitrogens is 4. The van der Waals surface area contributed by atoms with Gasteiger partial charge in [-0.15, -0.1) is 0 Å². The maximum atomic E-state index is 12.8. The van der Waals surface area contributed by atoms with Crippen molar-refractivity contribution < 1.29 is 4.79 Å². The predicted molar refractivity (Wildman–Crippen MR) is 135 cm³/mol. The van der Waals surface area contributed by atoms with Gasteiger partial charge in [0.15, 0.2) is 17.0 Å². The highest BCUT2D eigenvalue weighted by Gasteiger charge is 2.28. The minimum atomic E-state index is 0.0973. The monoisotopic (exact) mass is 467 g/mol. The van der Waals surface area contributed by atoms with E-state index in [0.717, 1.165) is 81.2 Å². The molecule has 0 saturated carbocycles. The van der Waals surface area contributed by atoms with Gasteiger partial charge in [-0.2, -0.15) is 0 Å². The smallest absolute Gasteiger partial charge is 0.223 e. The van der Waals surface area contributed by atoms with Gasteiger partial charge in [0.1, 0.15) is 12.2 Å². The molecule has 0 radical (unpaired) electrons. The zero-order valence-electron chi connectivity index (χ0n) is 21.0. The molecule has 0 unspecified atom stereocenters. The molecule has 0 spiro atoms. The number of hydrogen-bond donors (Lipinski definition) is 1. The van der Waals surface area contributed by atoms with Gasteiger partial charge in [-0.3, -0.25) is 9.69 Å². The van der Waals surface area contributed by atoms with Gasteiger partial charge in [-0.05, 0) is 58.8 Å². The number of likely N-dealkylation sites (tertiary alicyclic amines) is 1. The Morgan fingerprint density at radius 2 is 1.79 bits per heavy atom. The zero-order chi connectivity index (χ0) is 23.5. The summed E-state index contributed by atoms with van der Waals surface area (Å²) in [6, 6.07) is 1.34. The molecule has 2 saturated heterocycles. The first-order chi connectivity index (χ1) is 16.6. The lowest BCUT2D eigenvalue weighted by Gasteiger charge is -2.39. The molecule has 3 aliphatic rings. The molecule has 0 aliphatic carbocycles. The highest BCUT2D eigenvalue weighted by Crippen LogP contribution is 2.29. The van der Waals surface area contributed by atoms with Crippen molar-refractivity contribution in [1.29, 1.82) is 0 Å². The van der Waals surface area contributed by atoms with Crippen LogP contribution in [-0.2, 0) is 17.8 Å². The Labute approximate surface area is 203 Å². The second-order valence-electron chi connectivity index (χ2n) is 10.6. The molecule has 8 nitrogen and oxygen atoms in total. The number of hydrogen-bond acceptors (Lipinski definition) is 6. The second kappa shape index (κ2) is 10.6. The topological polar surface area (TPSA) is 79.2 Å². The number of rotatable bonds is 6. The number of piperidine rings is 2. The van der Waals surface area contributed by atoms with Gasteiger partial charge >= 0.3 is 0 Å². The molecule has 5 heterocycles. The van der Waals surface area contributed by atoms with Gasteiger partial charge < -0.3 is 14.8 Å². The van der Waals surface area contributed by atoms with Crippen LogP contribution >= 0.6 is 0 Å². The Morgan fingerprint density at radius 3 is 2.59 bits per heavy atom. The van der Waals surface area contributed by atoms with E-state index in [9.17, 15) is 4.79 Å². The van der Waals surface area contributed by atoms with E-state index in [4.69, 9.17) is 4.98 Å². The van der Waals surface area contributed by atoms with E-state index < -0.39 is 0 Å². The van der Waals surface area contributed by atoms with Gasteiger partial charge in [-0.1, -0.05) is 12.8 Å². The molecule has 2 aromatic heterocycles. The number of imidazole rings is 1. The van der Waals surface area contributed by atoms with Crippen LogP contribution in [0.1, 0.15) is 77.5 Å². The molecular weight excluding hydrogens is 426 g/mol. The molecule has 8 heteroatoms. The van der Waals surface area contributed by atoms with Gasteiger partial charge in [-0.25, -0.2) is 15.0 Å². The standard InChI is InChI=1S/C26H41N7O/c1-19-8-6-9-20(2)32(19)15-7-13-27-26(34)21-11-16-31(17-12-21)24-23-25(29-18-28-24)33-14-5-3-4-10-22(33)30-23/h18-21H,3-17H2,1-2H3,(H,27,34)/t19-,20-/m0/s1. The second-order valence-corrected chi connectivity index (χ2v) is 10.6. The molecule has 5 rings (SSSR count). The first-order valence-corrected chi connectivity index (χ1v) is 13.6. The third kappa shape index (κ3) is 4.92. The lowest BCUT2D eigenvalue weighted by Crippen LogP contribution is -2.45. The number of anilines is 1. The van der Waals surface area contributed by atoms with Crippen LogP contribution in [0.3, 0.4) is 0 Å². The van der Waals surface area contributed by atoms with Crippen LogP contribution in [0.5, 0.6) is 0 Å². The largest absolute Gasteiger partial charge is 0.356 e. The van der Waals surface area contributed by atoms with Crippen molar-refractivity contribution in [3.8, 4) is 0 Å². The average Bonchev–Trinajstić information content (AvgIpc) is 3.04. The van der Waals surface area contributed by atoms with E-state index in [2.05, 4.69) is 43.5 Å². The van der Waals surface area contributed by atoms with Gasteiger partial charge in [0.25, 0.3) is 0 Å². The summed E-state index contributed by atoms with van der Waals surface area (Å²) in [6.07, 6.45) is 13.1. The van der Waals surface area contributed by atoms with Crippen molar-refractivity contribution in [3.63, 3.8) is 0 Å². The Kier molecular flexibility index (Phi) is 7.32. The highest BCUT2D eigenvalue weighted by atomic mass is 16.1. The first-order valence-electron chi connectivity index (χ1n) is 13.6. The Hall–Kier alpha value is -2.22. The lowest BCUT2D eigenvalue weighted by molar-refractivity contribution is -0.125. The summed E-state index contributed by atoms with van der Waals surface area (Å²) >= 11 is 0. The number of carbonyl (C=O) groups excluding carboxylic acids is 1. The molecule has 2 aromatic rings. The molecule has 34 heavy (non-hydrogen) atoms. The minimum Gasteiger partial charge on any atom is -0.356 e. The Morgan fingerprint density at radius 1 is 1.00 bits per heavy atom. The summed E-state index contributed by atoms with van der Waals surface area (Å²) in [7, 11) is 0. The molecule has 186 valence electrons. The summed E-state index contributed by atoms with van der Waals surface area (Å²) in [5.41, 5.74) is 1.91. The molecule has 0 bridgehead atoms. The summed E-state index contributed by atoms with van der Waals surface area (Å²) in [4.78, 5) is 31.9. The molecule has 2 fully saturated rings. The van der Waals surface area contributed by atoms with E-state index in [1.54, 1.807) is 6.33 Å². The number of fused-ring (bicyclic) bond motifs is 3. The normalized spacial score (nSPS) is 24.7. The Bertz CT molecular complexity index is 971. The number of nitrogens with one attached hydrogen (secondary N) is 1. The maximum absolute atomic E-state index is 12.8. The number of carbonyl (C=O) groups is 1. The summed E-state index contributed by atoms with van der Waals surface area (Å²) in [6.45, 7) is 9.23. The number of amides is 1. The van der Waals surface area contributed by atoms with Gasteiger partial charge in [0.05, 0.1) is 0 Å². The van der Waals surface area contributed by atoms with Crippen LogP contribution in [0.2, 0.25) is 0 Å². The summed E-state index contributed by atoms with van der Waals surface area (Å²) in [5, 5.41) is 3.22. The fraction of sp³-hybridized carbons (Fsp3) is 0.769. The SMILES string of the molecule is C[C@H]1CCC[C@H](C)N1CCCNC(=O)C1CCN(c2ncnc3c2nc2n3CCCCC2)CC1. The van der Waals surface area contributed by atoms with E-state index in [1.165, 1.54) is 38.5 Å². The fourth-order valence-corrected chi connectivity index (χ4v) is 6.24. The van der Waals surface area contributed by atoms with Crippen LogP contribution in [0.4, 0.5) is 5.82 Å². The van der Waals surface area contributed by atoms with E-state index in [-0.39, 0.29) is 11.8 Å². The lowest BCUT2D eigenvalue weighted by atomic mass is 9.95. The molecule has 1 amide bonds. The van der Waals surface area contributed by atoms with Gasteiger partial charge in [0.2, 0.25) is 5.91 Å². The molecule has 1 N–H and O–H groups in total.